The predicted octanol–water partition coefficient (Wildman–Crippen LogP) is -0.466. The minimum Gasteiger partial charge on any atom is -0.392 e. The molecule has 1 heterocycles. The second kappa shape index (κ2) is 3.55. The van der Waals surface area contributed by atoms with E-state index in [-0.39, 0.29) is 17.0 Å². The van der Waals surface area contributed by atoms with E-state index in [0.29, 0.717) is 13.0 Å². The van der Waals surface area contributed by atoms with Crippen LogP contribution >= 0.6 is 0 Å². The predicted molar refractivity (Wildman–Crippen MR) is 51.4 cm³/mol. The molecule has 0 aromatic rings. The Morgan fingerprint density at radius 2 is 2.23 bits per heavy atom. The molecule has 1 rings (SSSR count). The van der Waals surface area contributed by atoms with Gasteiger partial charge in [-0.25, -0.2) is 8.42 Å². The van der Waals surface area contributed by atoms with Crippen LogP contribution in [0.3, 0.4) is 0 Å². The van der Waals surface area contributed by atoms with Crippen LogP contribution in [0.4, 0.5) is 0 Å². The molecule has 0 radical (unpaired) electrons. The Labute approximate surface area is 79.3 Å². The molecule has 78 valence electrons. The van der Waals surface area contributed by atoms with Crippen molar-refractivity contribution in [2.75, 3.05) is 18.1 Å². The van der Waals surface area contributed by atoms with Gasteiger partial charge in [0.15, 0.2) is 9.84 Å². The number of sulfone groups is 1. The van der Waals surface area contributed by atoms with Gasteiger partial charge in [0.1, 0.15) is 0 Å². The van der Waals surface area contributed by atoms with Crippen molar-refractivity contribution in [3.8, 4) is 0 Å². The minimum atomic E-state index is -2.85. The van der Waals surface area contributed by atoms with Gasteiger partial charge in [0, 0.05) is 12.1 Å². The number of β-amino-alcohol motifs (C(OH)–C–C–N with tert-alkyl or cyclic N) is 1. The van der Waals surface area contributed by atoms with Gasteiger partial charge in [0.2, 0.25) is 0 Å². The molecule has 0 aromatic carbocycles. The number of aliphatic hydroxyl groups excluding tert-OH is 1. The van der Waals surface area contributed by atoms with E-state index in [9.17, 15) is 8.42 Å². The summed E-state index contributed by atoms with van der Waals surface area (Å²) in [7, 11) is -2.85. The quantitative estimate of drug-likeness (QED) is 0.657. The molecule has 0 amide bonds. The first kappa shape index (κ1) is 10.9. The number of nitrogens with one attached hydrogen (secondary N) is 1. The summed E-state index contributed by atoms with van der Waals surface area (Å²) in [5, 5.41) is 12.1. The van der Waals surface area contributed by atoms with Crippen LogP contribution in [0.2, 0.25) is 0 Å². The molecule has 4 nitrogen and oxygen atoms in total. The van der Waals surface area contributed by atoms with Crippen LogP contribution < -0.4 is 5.32 Å². The highest BCUT2D eigenvalue weighted by Crippen LogP contribution is 2.22. The highest BCUT2D eigenvalue weighted by Gasteiger charge is 2.37. The fraction of sp³-hybridized carbons (Fsp3) is 1.00. The maximum atomic E-state index is 11.2. The molecule has 13 heavy (non-hydrogen) atoms. The van der Waals surface area contributed by atoms with Gasteiger partial charge < -0.3 is 10.4 Å². The number of hydrogen-bond donors (Lipinski definition) is 2. The fourth-order valence-electron chi connectivity index (χ4n) is 1.54. The van der Waals surface area contributed by atoms with E-state index < -0.39 is 15.9 Å². The Morgan fingerprint density at radius 1 is 1.62 bits per heavy atom. The van der Waals surface area contributed by atoms with Gasteiger partial charge in [-0.05, 0) is 20.3 Å². The summed E-state index contributed by atoms with van der Waals surface area (Å²) < 4.78 is 22.4. The van der Waals surface area contributed by atoms with Gasteiger partial charge in [-0.15, -0.1) is 0 Å². The van der Waals surface area contributed by atoms with E-state index in [1.54, 1.807) is 6.92 Å². The topological polar surface area (TPSA) is 66.4 Å². The van der Waals surface area contributed by atoms with Crippen molar-refractivity contribution in [1.82, 2.24) is 5.32 Å². The lowest BCUT2D eigenvalue weighted by molar-refractivity contribution is 0.177. The Hall–Kier alpha value is -0.130. The Balaban J connectivity index is 2.50. The van der Waals surface area contributed by atoms with Gasteiger partial charge in [0.25, 0.3) is 0 Å². The second-order valence-corrected chi connectivity index (χ2v) is 6.32. The highest BCUT2D eigenvalue weighted by atomic mass is 32.2. The first-order valence-electron chi connectivity index (χ1n) is 4.47. The van der Waals surface area contributed by atoms with E-state index >= 15 is 0 Å². The summed E-state index contributed by atoms with van der Waals surface area (Å²) >= 11 is 0. The third-order valence-electron chi connectivity index (χ3n) is 2.33. The summed E-state index contributed by atoms with van der Waals surface area (Å²) in [6.45, 7) is 4.02. The van der Waals surface area contributed by atoms with E-state index in [4.69, 9.17) is 5.11 Å². The average Bonchev–Trinajstić information content (AvgIpc) is 2.23. The molecule has 1 aliphatic rings. The largest absolute Gasteiger partial charge is 0.392 e. The van der Waals surface area contributed by atoms with Gasteiger partial charge >= 0.3 is 0 Å². The number of hydrogen-bond acceptors (Lipinski definition) is 4. The van der Waals surface area contributed by atoms with Crippen molar-refractivity contribution < 1.29 is 13.5 Å². The molecule has 1 saturated heterocycles. The molecular formula is C8H17NO3S. The lowest BCUT2D eigenvalue weighted by atomic mass is 10.0. The summed E-state index contributed by atoms with van der Waals surface area (Å²) in [5.74, 6) is 0.447. The second-order valence-electron chi connectivity index (χ2n) is 4.13. The van der Waals surface area contributed by atoms with Crippen LogP contribution in [-0.4, -0.2) is 43.2 Å². The molecule has 0 bridgehead atoms. The van der Waals surface area contributed by atoms with E-state index in [0.717, 1.165) is 0 Å². The van der Waals surface area contributed by atoms with Crippen LogP contribution in [0.1, 0.15) is 20.3 Å². The van der Waals surface area contributed by atoms with Crippen molar-refractivity contribution in [3.05, 3.63) is 0 Å². The van der Waals surface area contributed by atoms with Crippen LogP contribution in [0.5, 0.6) is 0 Å². The number of rotatable bonds is 3. The normalized spacial score (nSPS) is 34.7. The average molecular weight is 207 g/mol. The molecule has 0 spiro atoms. The Morgan fingerprint density at radius 3 is 2.62 bits per heavy atom. The summed E-state index contributed by atoms with van der Waals surface area (Å²) in [5.41, 5.74) is -0.337. The summed E-state index contributed by atoms with van der Waals surface area (Å²) in [4.78, 5) is 0. The highest BCUT2D eigenvalue weighted by molar-refractivity contribution is 7.91. The Kier molecular flexibility index (Phi) is 2.99. The van der Waals surface area contributed by atoms with E-state index in [1.165, 1.54) is 0 Å². The van der Waals surface area contributed by atoms with Crippen molar-refractivity contribution in [2.45, 2.75) is 31.9 Å². The molecule has 2 N–H and O–H groups in total. The van der Waals surface area contributed by atoms with E-state index in [1.807, 2.05) is 6.92 Å². The van der Waals surface area contributed by atoms with Crippen molar-refractivity contribution in [1.29, 1.82) is 0 Å². The maximum absolute atomic E-state index is 11.2. The molecule has 1 fully saturated rings. The van der Waals surface area contributed by atoms with E-state index in [2.05, 4.69) is 5.32 Å². The lowest BCUT2D eigenvalue weighted by Gasteiger charge is -2.24. The first-order chi connectivity index (χ1) is 5.83. The van der Waals surface area contributed by atoms with Crippen LogP contribution in [-0.2, 0) is 9.84 Å². The fourth-order valence-corrected chi connectivity index (χ4v) is 3.67. The molecular weight excluding hydrogens is 190 g/mol. The molecule has 2 unspecified atom stereocenters. The first-order valence-corrected chi connectivity index (χ1v) is 6.29. The molecule has 0 aromatic heterocycles. The molecule has 2 atom stereocenters. The van der Waals surface area contributed by atoms with Crippen molar-refractivity contribution in [3.63, 3.8) is 0 Å². The van der Waals surface area contributed by atoms with Crippen LogP contribution in [0.15, 0.2) is 0 Å². The molecule has 1 aliphatic heterocycles. The zero-order valence-corrected chi connectivity index (χ0v) is 8.89. The summed E-state index contributed by atoms with van der Waals surface area (Å²) in [6, 6.07) is 0. The van der Waals surface area contributed by atoms with Gasteiger partial charge in [-0.2, -0.15) is 0 Å². The molecule has 0 aliphatic carbocycles. The van der Waals surface area contributed by atoms with Crippen molar-refractivity contribution in [2.24, 2.45) is 0 Å². The molecule has 5 heteroatoms. The molecule has 0 saturated carbocycles. The smallest absolute Gasteiger partial charge is 0.152 e. The third kappa shape index (κ3) is 3.25. The van der Waals surface area contributed by atoms with Crippen LogP contribution in [0.25, 0.3) is 0 Å². The zero-order valence-electron chi connectivity index (χ0n) is 8.08. The standard InChI is InChI=1S/C8H17NO3S/c1-7(10)5-9-8(2)3-4-13(11,12)6-8/h7,9-10H,3-6H2,1-2H3. The third-order valence-corrected chi connectivity index (χ3v) is 4.23. The monoisotopic (exact) mass is 207 g/mol. The van der Waals surface area contributed by atoms with Crippen LogP contribution in [0, 0.1) is 0 Å². The van der Waals surface area contributed by atoms with Crippen molar-refractivity contribution >= 4 is 9.84 Å². The Bertz CT molecular complexity index is 273. The number of aliphatic hydroxyl groups is 1. The zero-order chi connectivity index (χ0) is 10.1. The SMILES string of the molecule is CC(O)CNC1(C)CCS(=O)(=O)C1. The minimum absolute atomic E-state index is 0.187. The van der Waals surface area contributed by atoms with Gasteiger partial charge in [0.05, 0.1) is 17.6 Å². The summed E-state index contributed by atoms with van der Waals surface area (Å²) in [6.07, 6.45) is 0.210. The lowest BCUT2D eigenvalue weighted by Crippen LogP contribution is -2.46. The van der Waals surface area contributed by atoms with Gasteiger partial charge in [-0.1, -0.05) is 0 Å². The maximum Gasteiger partial charge on any atom is 0.152 e. The van der Waals surface area contributed by atoms with Gasteiger partial charge in [-0.3, -0.25) is 0 Å².